The van der Waals surface area contributed by atoms with E-state index in [0.717, 1.165) is 19.6 Å². The lowest BCUT2D eigenvalue weighted by atomic mass is 9.70. The Labute approximate surface area is 131 Å². The lowest BCUT2D eigenvalue weighted by molar-refractivity contribution is -0.138. The summed E-state index contributed by atoms with van der Waals surface area (Å²) in [6.07, 6.45) is 0. The molecule has 5 heteroatoms. The summed E-state index contributed by atoms with van der Waals surface area (Å²) < 4.78 is 0. The third-order valence-electron chi connectivity index (χ3n) is 5.34. The molecule has 1 aromatic rings. The first-order valence-electron chi connectivity index (χ1n) is 7.68. The molecule has 0 bridgehead atoms. The van der Waals surface area contributed by atoms with Crippen molar-refractivity contribution in [3.05, 3.63) is 35.9 Å². The number of benzene rings is 1. The predicted molar refractivity (Wildman–Crippen MR) is 83.7 cm³/mol. The van der Waals surface area contributed by atoms with Gasteiger partial charge in [-0.1, -0.05) is 37.3 Å². The zero-order valence-electron chi connectivity index (χ0n) is 13.2. The van der Waals surface area contributed by atoms with Gasteiger partial charge in [-0.3, -0.25) is 14.5 Å². The first-order chi connectivity index (χ1) is 10.3. The summed E-state index contributed by atoms with van der Waals surface area (Å²) in [6, 6.07) is 10.3. The third-order valence-corrected chi connectivity index (χ3v) is 5.34. The molecule has 0 spiro atoms. The molecule has 2 amide bonds. The van der Waals surface area contributed by atoms with Crippen LogP contribution in [0.15, 0.2) is 30.3 Å². The van der Waals surface area contributed by atoms with Gasteiger partial charge in [0, 0.05) is 31.6 Å². The number of nitrogens with zero attached hydrogens (tertiary/aromatic N) is 2. The Bertz CT molecular complexity index is 603. The van der Waals surface area contributed by atoms with Crippen LogP contribution in [0.5, 0.6) is 0 Å². The van der Waals surface area contributed by atoms with Gasteiger partial charge in [0.15, 0.2) is 0 Å². The molecule has 2 fully saturated rings. The average molecular weight is 301 g/mol. The second-order valence-electron chi connectivity index (χ2n) is 7.15. The van der Waals surface area contributed by atoms with Gasteiger partial charge in [-0.2, -0.15) is 0 Å². The molecule has 1 aromatic carbocycles. The molecule has 2 saturated heterocycles. The molecule has 5 nitrogen and oxygen atoms in total. The molecule has 2 aliphatic heterocycles. The summed E-state index contributed by atoms with van der Waals surface area (Å²) in [5.74, 6) is -0.383. The van der Waals surface area contributed by atoms with Crippen LogP contribution in [0.1, 0.15) is 19.4 Å². The monoisotopic (exact) mass is 301 g/mol. The molecule has 2 N–H and O–H groups in total. The first-order valence-corrected chi connectivity index (χ1v) is 7.68. The molecule has 0 radical (unpaired) electrons. The number of likely N-dealkylation sites (tertiary alicyclic amines) is 2. The zero-order valence-corrected chi connectivity index (χ0v) is 13.2. The van der Waals surface area contributed by atoms with E-state index >= 15 is 0 Å². The fourth-order valence-electron chi connectivity index (χ4n) is 4.02. The van der Waals surface area contributed by atoms with Crippen molar-refractivity contribution in [2.45, 2.75) is 20.4 Å². The van der Waals surface area contributed by atoms with Gasteiger partial charge in [0.2, 0.25) is 11.8 Å². The minimum atomic E-state index is -0.443. The van der Waals surface area contributed by atoms with E-state index < -0.39 is 11.3 Å². The summed E-state index contributed by atoms with van der Waals surface area (Å²) in [4.78, 5) is 27.9. The Morgan fingerprint density at radius 2 is 1.86 bits per heavy atom. The lowest BCUT2D eigenvalue weighted by Crippen LogP contribution is -2.41. The Kier molecular flexibility index (Phi) is 3.48. The number of hydrogen-bond acceptors (Lipinski definition) is 3. The Morgan fingerprint density at radius 1 is 1.18 bits per heavy atom. The second-order valence-corrected chi connectivity index (χ2v) is 7.15. The van der Waals surface area contributed by atoms with Gasteiger partial charge < -0.3 is 10.6 Å². The number of amides is 2. The number of primary amides is 1. The van der Waals surface area contributed by atoms with Crippen LogP contribution in [0.3, 0.4) is 0 Å². The lowest BCUT2D eigenvalue weighted by Gasteiger charge is -2.28. The normalized spacial score (nSPS) is 31.5. The quantitative estimate of drug-likeness (QED) is 0.896. The van der Waals surface area contributed by atoms with E-state index in [1.807, 2.05) is 25.1 Å². The fourth-order valence-corrected chi connectivity index (χ4v) is 4.02. The highest BCUT2D eigenvalue weighted by atomic mass is 16.2. The molecule has 0 aliphatic carbocycles. The summed E-state index contributed by atoms with van der Waals surface area (Å²) in [7, 11) is 0. The van der Waals surface area contributed by atoms with Gasteiger partial charge in [-0.05, 0) is 12.5 Å². The number of fused-ring (bicyclic) bond motifs is 1. The molecule has 0 aromatic heterocycles. The summed E-state index contributed by atoms with van der Waals surface area (Å²) in [5, 5.41) is 0. The minimum Gasteiger partial charge on any atom is -0.368 e. The molecule has 22 heavy (non-hydrogen) atoms. The molecule has 2 heterocycles. The second kappa shape index (κ2) is 5.09. The van der Waals surface area contributed by atoms with E-state index in [1.54, 1.807) is 4.90 Å². The van der Waals surface area contributed by atoms with Crippen LogP contribution in [0.2, 0.25) is 0 Å². The zero-order chi connectivity index (χ0) is 16.0. The summed E-state index contributed by atoms with van der Waals surface area (Å²) in [6.45, 7) is 7.26. The maximum absolute atomic E-state index is 12.7. The fraction of sp³-hybridized carbons (Fsp3) is 0.529. The van der Waals surface area contributed by atoms with Crippen LogP contribution in [-0.2, 0) is 16.1 Å². The highest BCUT2D eigenvalue weighted by Crippen LogP contribution is 2.52. The number of carbonyl (C=O) groups excluding carboxylic acids is 2. The largest absolute Gasteiger partial charge is 0.368 e. The average Bonchev–Trinajstić information content (AvgIpc) is 2.78. The van der Waals surface area contributed by atoms with E-state index in [2.05, 4.69) is 24.0 Å². The first kappa shape index (κ1) is 15.0. The predicted octanol–water partition coefficient (Wildman–Crippen LogP) is 0.842. The number of nitrogens with two attached hydrogens (primary N) is 1. The van der Waals surface area contributed by atoms with Gasteiger partial charge in [0.25, 0.3) is 0 Å². The number of carbonyl (C=O) groups is 2. The topological polar surface area (TPSA) is 66.6 Å². The van der Waals surface area contributed by atoms with Gasteiger partial charge in [0.1, 0.15) is 0 Å². The van der Waals surface area contributed by atoms with Crippen molar-refractivity contribution < 1.29 is 9.59 Å². The van der Waals surface area contributed by atoms with Crippen LogP contribution in [0, 0.1) is 10.8 Å². The van der Waals surface area contributed by atoms with E-state index in [-0.39, 0.29) is 17.9 Å². The maximum atomic E-state index is 12.7. The van der Waals surface area contributed by atoms with E-state index in [4.69, 9.17) is 5.73 Å². The van der Waals surface area contributed by atoms with Crippen molar-refractivity contribution in [3.8, 4) is 0 Å². The van der Waals surface area contributed by atoms with Crippen molar-refractivity contribution in [2.24, 2.45) is 16.6 Å². The highest BCUT2D eigenvalue weighted by molar-refractivity contribution is 5.90. The van der Waals surface area contributed by atoms with E-state index in [1.165, 1.54) is 5.56 Å². The van der Waals surface area contributed by atoms with Gasteiger partial charge in [-0.25, -0.2) is 0 Å². The Balaban J connectivity index is 1.76. The van der Waals surface area contributed by atoms with Crippen LogP contribution in [0.4, 0.5) is 0 Å². The third kappa shape index (κ3) is 2.29. The SMILES string of the molecule is C[C@@]12CN(Cc3ccccc3)C[C@]1(C)C(=O)N(CC(N)=O)C2. The Morgan fingerprint density at radius 3 is 2.45 bits per heavy atom. The molecular formula is C17H23N3O2. The van der Waals surface area contributed by atoms with Crippen LogP contribution < -0.4 is 5.73 Å². The van der Waals surface area contributed by atoms with E-state index in [9.17, 15) is 9.59 Å². The molecule has 0 unspecified atom stereocenters. The van der Waals surface area contributed by atoms with Crippen molar-refractivity contribution in [2.75, 3.05) is 26.2 Å². The number of rotatable bonds is 4. The molecular weight excluding hydrogens is 278 g/mol. The van der Waals surface area contributed by atoms with Crippen LogP contribution >= 0.6 is 0 Å². The van der Waals surface area contributed by atoms with Gasteiger partial charge in [-0.15, -0.1) is 0 Å². The smallest absolute Gasteiger partial charge is 0.237 e. The molecule has 2 aliphatic rings. The number of hydrogen-bond donors (Lipinski definition) is 1. The van der Waals surface area contributed by atoms with Crippen LogP contribution in [-0.4, -0.2) is 47.8 Å². The maximum Gasteiger partial charge on any atom is 0.237 e. The summed E-state index contributed by atoms with van der Waals surface area (Å²) >= 11 is 0. The highest BCUT2D eigenvalue weighted by Gasteiger charge is 2.62. The standard InChI is InChI=1S/C17H23N3O2/c1-16-10-19(8-13-6-4-3-5-7-13)12-17(16,2)15(22)20(11-16)9-14(18)21/h3-7H,8-12H2,1-2H3,(H2,18,21)/t16-,17+/m0/s1. The van der Waals surface area contributed by atoms with Gasteiger partial charge >= 0.3 is 0 Å². The molecule has 2 atom stereocenters. The molecule has 0 saturated carbocycles. The van der Waals surface area contributed by atoms with Gasteiger partial charge in [0.05, 0.1) is 12.0 Å². The van der Waals surface area contributed by atoms with E-state index in [0.29, 0.717) is 6.54 Å². The van der Waals surface area contributed by atoms with Crippen molar-refractivity contribution in [3.63, 3.8) is 0 Å². The minimum absolute atomic E-state index is 0.0305. The Hall–Kier alpha value is -1.88. The van der Waals surface area contributed by atoms with Crippen molar-refractivity contribution in [1.82, 2.24) is 9.80 Å². The van der Waals surface area contributed by atoms with Crippen molar-refractivity contribution >= 4 is 11.8 Å². The molecule has 3 rings (SSSR count). The molecule has 118 valence electrons. The van der Waals surface area contributed by atoms with Crippen molar-refractivity contribution in [1.29, 1.82) is 0 Å². The van der Waals surface area contributed by atoms with Crippen LogP contribution in [0.25, 0.3) is 0 Å². The summed E-state index contributed by atoms with van der Waals surface area (Å²) in [5.41, 5.74) is 5.95.